The SMILES string of the molecule is C#Cc1ccc(CNC(=O)[C@@H]2C[C@@H](O)CN2C(=O)[C@@H](NC(=O)CBr)C(C)(C)C)cc1. The summed E-state index contributed by atoms with van der Waals surface area (Å²) in [7, 11) is 0. The molecular weight excluding hydrogens is 450 g/mol. The van der Waals surface area contributed by atoms with Crippen LogP contribution in [0.5, 0.6) is 0 Å². The molecule has 3 amide bonds. The standard InChI is InChI=1S/C22H28BrN3O4/c1-5-14-6-8-15(9-7-14)12-24-20(29)17-10-16(27)13-26(17)21(30)19(22(2,3)4)25-18(28)11-23/h1,6-9,16-17,19,27H,10-13H2,2-4H3,(H,24,29)(H,25,28)/t16-,17+,19-/m1/s1. The Hall–Kier alpha value is -2.37. The number of alkyl halides is 1. The zero-order chi connectivity index (χ0) is 22.5. The summed E-state index contributed by atoms with van der Waals surface area (Å²) < 4.78 is 0. The maximum Gasteiger partial charge on any atom is 0.246 e. The average Bonchev–Trinajstić information content (AvgIpc) is 3.10. The van der Waals surface area contributed by atoms with Gasteiger partial charge in [0.05, 0.1) is 11.4 Å². The van der Waals surface area contributed by atoms with Crippen molar-refractivity contribution >= 4 is 33.7 Å². The number of rotatable bonds is 6. The Morgan fingerprint density at radius 3 is 2.47 bits per heavy atom. The summed E-state index contributed by atoms with van der Waals surface area (Å²) in [5, 5.41) is 15.7. The number of halogens is 1. The van der Waals surface area contributed by atoms with E-state index in [-0.39, 0.29) is 42.6 Å². The van der Waals surface area contributed by atoms with Gasteiger partial charge < -0.3 is 20.6 Å². The predicted octanol–water partition coefficient (Wildman–Crippen LogP) is 1.17. The van der Waals surface area contributed by atoms with Gasteiger partial charge in [-0.15, -0.1) is 6.42 Å². The molecule has 0 aromatic heterocycles. The van der Waals surface area contributed by atoms with E-state index in [1.54, 1.807) is 12.1 Å². The van der Waals surface area contributed by atoms with Crippen LogP contribution in [0.2, 0.25) is 0 Å². The molecule has 30 heavy (non-hydrogen) atoms. The van der Waals surface area contributed by atoms with Crippen LogP contribution in [0.1, 0.15) is 38.3 Å². The van der Waals surface area contributed by atoms with Crippen molar-refractivity contribution < 1.29 is 19.5 Å². The van der Waals surface area contributed by atoms with Gasteiger partial charge in [-0.2, -0.15) is 0 Å². The number of carbonyl (C=O) groups is 3. The molecule has 3 atom stereocenters. The van der Waals surface area contributed by atoms with Crippen molar-refractivity contribution in [3.05, 3.63) is 35.4 Å². The average molecular weight is 478 g/mol. The molecule has 0 radical (unpaired) electrons. The fourth-order valence-electron chi connectivity index (χ4n) is 3.35. The monoisotopic (exact) mass is 477 g/mol. The lowest BCUT2D eigenvalue weighted by Crippen LogP contribution is -2.57. The largest absolute Gasteiger partial charge is 0.391 e. The normalized spacial score (nSPS) is 19.7. The lowest BCUT2D eigenvalue weighted by molar-refractivity contribution is -0.143. The molecule has 1 aliphatic heterocycles. The van der Waals surface area contributed by atoms with Crippen LogP contribution in [0.25, 0.3) is 0 Å². The Bertz CT molecular complexity index is 826. The lowest BCUT2D eigenvalue weighted by atomic mass is 9.85. The van der Waals surface area contributed by atoms with Crippen LogP contribution in [-0.2, 0) is 20.9 Å². The number of terminal acetylenes is 1. The van der Waals surface area contributed by atoms with E-state index in [9.17, 15) is 19.5 Å². The highest BCUT2D eigenvalue weighted by molar-refractivity contribution is 9.09. The number of carbonyl (C=O) groups excluding carboxylic acids is 3. The third-order valence-corrected chi connectivity index (χ3v) is 5.50. The van der Waals surface area contributed by atoms with E-state index in [1.807, 2.05) is 32.9 Å². The van der Waals surface area contributed by atoms with Crippen molar-refractivity contribution in [1.82, 2.24) is 15.5 Å². The Kier molecular flexibility index (Phi) is 8.04. The van der Waals surface area contributed by atoms with Crippen LogP contribution in [0.15, 0.2) is 24.3 Å². The second kappa shape index (κ2) is 10.1. The van der Waals surface area contributed by atoms with Crippen LogP contribution in [0.4, 0.5) is 0 Å². The van der Waals surface area contributed by atoms with Gasteiger partial charge in [-0.25, -0.2) is 0 Å². The van der Waals surface area contributed by atoms with Crippen molar-refractivity contribution in [3.63, 3.8) is 0 Å². The molecule has 1 aliphatic rings. The Labute approximate surface area is 185 Å². The summed E-state index contributed by atoms with van der Waals surface area (Å²) in [6.45, 7) is 5.84. The first kappa shape index (κ1) is 23.9. The highest BCUT2D eigenvalue weighted by Gasteiger charge is 2.44. The molecule has 3 N–H and O–H groups in total. The molecule has 2 rings (SSSR count). The van der Waals surface area contributed by atoms with Gasteiger partial charge in [-0.3, -0.25) is 14.4 Å². The fourth-order valence-corrected chi connectivity index (χ4v) is 3.51. The minimum absolute atomic E-state index is 0.0462. The first-order chi connectivity index (χ1) is 14.1. The maximum absolute atomic E-state index is 13.2. The number of aliphatic hydroxyl groups excluding tert-OH is 1. The highest BCUT2D eigenvalue weighted by atomic mass is 79.9. The van der Waals surface area contributed by atoms with Crippen LogP contribution < -0.4 is 10.6 Å². The topological polar surface area (TPSA) is 98.7 Å². The third kappa shape index (κ3) is 6.07. The van der Waals surface area contributed by atoms with Crippen LogP contribution in [0, 0.1) is 17.8 Å². The van der Waals surface area contributed by atoms with Crippen molar-refractivity contribution in [2.45, 2.75) is 51.9 Å². The highest BCUT2D eigenvalue weighted by Crippen LogP contribution is 2.26. The quantitative estimate of drug-likeness (QED) is 0.423. The molecule has 0 bridgehead atoms. The van der Waals surface area contributed by atoms with Crippen LogP contribution >= 0.6 is 15.9 Å². The zero-order valence-electron chi connectivity index (χ0n) is 17.4. The van der Waals surface area contributed by atoms with E-state index in [0.29, 0.717) is 0 Å². The van der Waals surface area contributed by atoms with Crippen LogP contribution in [-0.4, -0.2) is 57.8 Å². The lowest BCUT2D eigenvalue weighted by Gasteiger charge is -2.35. The number of hydrogen-bond donors (Lipinski definition) is 3. The molecule has 0 unspecified atom stereocenters. The molecule has 8 heteroatoms. The number of aliphatic hydroxyl groups is 1. The number of β-amino-alcohol motifs (C(OH)–C–C–N with tert-alkyl or cyclic N) is 1. The van der Waals surface area contributed by atoms with E-state index >= 15 is 0 Å². The number of amides is 3. The van der Waals surface area contributed by atoms with Gasteiger partial charge in [0.2, 0.25) is 17.7 Å². The number of likely N-dealkylation sites (tertiary alicyclic amines) is 1. The second-order valence-corrected chi connectivity index (χ2v) is 9.02. The Morgan fingerprint density at radius 1 is 1.30 bits per heavy atom. The van der Waals surface area contributed by atoms with Gasteiger partial charge in [0, 0.05) is 25.1 Å². The number of nitrogens with zero attached hydrogens (tertiary/aromatic N) is 1. The zero-order valence-corrected chi connectivity index (χ0v) is 19.0. The molecule has 0 aliphatic carbocycles. The van der Waals surface area contributed by atoms with E-state index in [0.717, 1.165) is 11.1 Å². The van der Waals surface area contributed by atoms with Gasteiger partial charge in [-0.1, -0.05) is 54.8 Å². The second-order valence-electron chi connectivity index (χ2n) is 8.46. The maximum atomic E-state index is 13.2. The van der Waals surface area contributed by atoms with Gasteiger partial charge in [0.25, 0.3) is 0 Å². The van der Waals surface area contributed by atoms with Crippen molar-refractivity contribution in [2.24, 2.45) is 5.41 Å². The Balaban J connectivity index is 2.11. The summed E-state index contributed by atoms with van der Waals surface area (Å²) in [5.41, 5.74) is 1.05. The minimum Gasteiger partial charge on any atom is -0.391 e. The molecule has 1 saturated heterocycles. The predicted molar refractivity (Wildman–Crippen MR) is 118 cm³/mol. The molecule has 7 nitrogen and oxygen atoms in total. The Morgan fingerprint density at radius 2 is 1.93 bits per heavy atom. The molecule has 1 fully saturated rings. The summed E-state index contributed by atoms with van der Waals surface area (Å²) in [6, 6.07) is 5.61. The number of benzene rings is 1. The van der Waals surface area contributed by atoms with Crippen molar-refractivity contribution in [2.75, 3.05) is 11.9 Å². The molecule has 1 aromatic carbocycles. The first-order valence-electron chi connectivity index (χ1n) is 9.74. The molecule has 1 aromatic rings. The van der Waals surface area contributed by atoms with E-state index in [1.165, 1.54) is 4.90 Å². The smallest absolute Gasteiger partial charge is 0.246 e. The summed E-state index contributed by atoms with van der Waals surface area (Å²) >= 11 is 3.09. The fraction of sp³-hybridized carbons (Fsp3) is 0.500. The van der Waals surface area contributed by atoms with Crippen molar-refractivity contribution in [1.29, 1.82) is 0 Å². The van der Waals surface area contributed by atoms with Gasteiger partial charge in [0.15, 0.2) is 0 Å². The minimum atomic E-state index is -0.820. The first-order valence-corrected chi connectivity index (χ1v) is 10.9. The molecule has 1 heterocycles. The third-order valence-electron chi connectivity index (χ3n) is 4.99. The van der Waals surface area contributed by atoms with E-state index in [4.69, 9.17) is 6.42 Å². The van der Waals surface area contributed by atoms with Crippen LogP contribution in [0.3, 0.4) is 0 Å². The molecule has 0 saturated carbocycles. The number of nitrogens with one attached hydrogen (secondary N) is 2. The van der Waals surface area contributed by atoms with E-state index in [2.05, 4.69) is 32.5 Å². The molecule has 162 valence electrons. The van der Waals surface area contributed by atoms with Gasteiger partial charge in [-0.05, 0) is 23.1 Å². The van der Waals surface area contributed by atoms with Gasteiger partial charge >= 0.3 is 0 Å². The number of hydrogen-bond acceptors (Lipinski definition) is 4. The molecule has 0 spiro atoms. The molecular formula is C22H28BrN3O4. The summed E-state index contributed by atoms with van der Waals surface area (Å²) in [5.74, 6) is 1.49. The van der Waals surface area contributed by atoms with Gasteiger partial charge in [0.1, 0.15) is 12.1 Å². The van der Waals surface area contributed by atoms with Crippen molar-refractivity contribution in [3.8, 4) is 12.3 Å². The summed E-state index contributed by atoms with van der Waals surface area (Å²) in [6.07, 6.45) is 4.70. The van der Waals surface area contributed by atoms with E-state index < -0.39 is 23.6 Å². The summed E-state index contributed by atoms with van der Waals surface area (Å²) in [4.78, 5) is 39.3.